The Morgan fingerprint density at radius 3 is 1.86 bits per heavy atom. The molecule has 0 fully saturated rings. The molecule has 6 aliphatic rings. The van der Waals surface area contributed by atoms with Crippen LogP contribution in [0, 0.1) is 8.98 Å². The van der Waals surface area contributed by atoms with E-state index < -0.39 is 5.97 Å². The van der Waals surface area contributed by atoms with Crippen molar-refractivity contribution in [1.82, 2.24) is 9.97 Å². The maximum absolute atomic E-state index is 12.3. The number of methoxy groups -OCH3 is 2. The lowest BCUT2D eigenvalue weighted by molar-refractivity contribution is 0.0601. The van der Waals surface area contributed by atoms with Gasteiger partial charge in [0, 0.05) is 69.3 Å². The van der Waals surface area contributed by atoms with Crippen molar-refractivity contribution in [3.8, 4) is 56.9 Å². The van der Waals surface area contributed by atoms with Gasteiger partial charge in [-0.3, -0.25) is 9.59 Å². The first-order chi connectivity index (χ1) is 34.0. The van der Waals surface area contributed by atoms with Gasteiger partial charge in [-0.2, -0.15) is 0 Å². The van der Waals surface area contributed by atoms with Gasteiger partial charge in [-0.25, -0.2) is 14.8 Å². The summed E-state index contributed by atoms with van der Waals surface area (Å²) in [6, 6.07) is 46.2. The molecule has 3 aliphatic heterocycles. The highest BCUT2D eigenvalue weighted by Gasteiger charge is 2.22. The van der Waals surface area contributed by atoms with E-state index in [2.05, 4.69) is 32.6 Å². The van der Waals surface area contributed by atoms with Gasteiger partial charge in [-0.05, 0) is 125 Å². The van der Waals surface area contributed by atoms with Crippen LogP contribution in [0.25, 0.3) is 78.5 Å². The van der Waals surface area contributed by atoms with Crippen LogP contribution in [0.1, 0.15) is 23.3 Å². The fourth-order valence-corrected chi connectivity index (χ4v) is 7.89. The molecular formula is C56H46ClIN4O10. The molecule has 72 heavy (non-hydrogen) atoms. The Hall–Kier alpha value is -8.12. The molecule has 0 saturated carbocycles. The first-order valence-corrected chi connectivity index (χ1v) is 22.8. The summed E-state index contributed by atoms with van der Waals surface area (Å²) in [7, 11) is 2.98. The van der Waals surface area contributed by atoms with E-state index in [1.165, 1.54) is 34.9 Å². The molecule has 0 bridgehead atoms. The Kier molecular flexibility index (Phi) is 16.7. The zero-order valence-electron chi connectivity index (χ0n) is 38.0. The number of benzene rings is 8. The van der Waals surface area contributed by atoms with Crippen LogP contribution in [-0.4, -0.2) is 43.4 Å². The number of carbonyl (C=O) groups is 1. The van der Waals surface area contributed by atoms with Crippen molar-refractivity contribution in [3.63, 3.8) is 0 Å². The first kappa shape index (κ1) is 51.7. The number of ether oxygens (including phenoxy) is 4. The van der Waals surface area contributed by atoms with Gasteiger partial charge >= 0.3 is 5.97 Å². The fourth-order valence-electron chi connectivity index (χ4n) is 7.53. The van der Waals surface area contributed by atoms with E-state index >= 15 is 0 Å². The number of nitrogens with zero attached hydrogens (tertiary/aromatic N) is 2. The lowest BCUT2D eigenvalue weighted by Crippen LogP contribution is -2.05. The van der Waals surface area contributed by atoms with Gasteiger partial charge in [0.2, 0.25) is 0 Å². The van der Waals surface area contributed by atoms with E-state index in [9.17, 15) is 14.4 Å². The normalized spacial score (nSPS) is 10.7. The summed E-state index contributed by atoms with van der Waals surface area (Å²) in [5, 5.41) is 9.06. The molecule has 0 radical (unpaired) electrons. The average Bonchev–Trinajstić information content (AvgIpc) is 3.36. The molecule has 3 N–H and O–H groups in total. The molecule has 5 aromatic carbocycles. The zero-order valence-corrected chi connectivity index (χ0v) is 40.9. The molecule has 16 heteroatoms. The third kappa shape index (κ3) is 11.9. The minimum absolute atomic E-state index is 0. The minimum atomic E-state index is -0.407. The predicted octanol–water partition coefficient (Wildman–Crippen LogP) is 11.9. The van der Waals surface area contributed by atoms with Crippen LogP contribution >= 0.6 is 35.0 Å². The Bertz CT molecular complexity index is 3770. The van der Waals surface area contributed by atoms with Gasteiger partial charge in [0.1, 0.15) is 58.5 Å². The number of carbonyl (C=O) groups excluding carboxylic acids is 1. The molecule has 0 spiro atoms. The third-order valence-corrected chi connectivity index (χ3v) is 11.6. The summed E-state index contributed by atoms with van der Waals surface area (Å²) in [6.45, 7) is 1.46. The van der Waals surface area contributed by atoms with Crippen molar-refractivity contribution < 1.29 is 37.0 Å². The number of rotatable bonds is 9. The van der Waals surface area contributed by atoms with E-state index in [4.69, 9.17) is 43.3 Å². The van der Waals surface area contributed by atoms with Gasteiger partial charge in [-0.15, -0.1) is 12.4 Å². The molecule has 0 amide bonds. The third-order valence-electron chi connectivity index (χ3n) is 10.9. The van der Waals surface area contributed by atoms with Crippen LogP contribution in [0.5, 0.6) is 11.5 Å². The number of aromatic nitrogens is 2. The van der Waals surface area contributed by atoms with Gasteiger partial charge < -0.3 is 43.3 Å². The molecule has 0 saturated heterocycles. The maximum atomic E-state index is 12.3. The van der Waals surface area contributed by atoms with Crippen molar-refractivity contribution in [2.24, 2.45) is 0 Å². The number of hydrogen-bond donors (Lipinski definition) is 2. The van der Waals surface area contributed by atoms with Gasteiger partial charge in [0.05, 0.1) is 24.6 Å². The van der Waals surface area contributed by atoms with E-state index in [1.54, 1.807) is 67.8 Å². The Morgan fingerprint density at radius 1 is 0.625 bits per heavy atom. The number of nitrogens with one attached hydrogen (secondary N) is 1. The molecular weight excluding hydrogens is 1050 g/mol. The average molecular weight is 1100 g/mol. The Balaban J connectivity index is 0.000000158. The highest BCUT2D eigenvalue weighted by molar-refractivity contribution is 14.1. The summed E-state index contributed by atoms with van der Waals surface area (Å²) in [5.74, 6) is 2.48. The van der Waals surface area contributed by atoms with Gasteiger partial charge in [-0.1, -0.05) is 37.8 Å². The second-order valence-electron chi connectivity index (χ2n) is 15.7. The van der Waals surface area contributed by atoms with E-state index in [0.29, 0.717) is 93.3 Å². The van der Waals surface area contributed by atoms with Gasteiger partial charge in [0.25, 0.3) is 0 Å². The SMILES string of the molecule is C.COC(=O)c1ccccc1-c1c2ccc(=N)cc-2oc2cc(N)ccc12.COCCOc1ccc2nc3ccc(=O)cc-3oc2c1.Cl.O=c1ccc2nc3ccc(OCc4ccc(I)cc4)cc3oc-2c1. The second kappa shape index (κ2) is 23.2. The topological polar surface area (TPSA) is 203 Å². The molecule has 11 rings (SSSR count). The maximum Gasteiger partial charge on any atom is 0.338 e. The highest BCUT2D eigenvalue weighted by Crippen LogP contribution is 2.41. The summed E-state index contributed by atoms with van der Waals surface area (Å²) >= 11 is 2.27. The lowest BCUT2D eigenvalue weighted by atomic mass is 9.91. The molecule has 0 atom stereocenters. The number of esters is 1. The van der Waals surface area contributed by atoms with Crippen LogP contribution in [0.15, 0.2) is 181 Å². The molecule has 3 heterocycles. The summed E-state index contributed by atoms with van der Waals surface area (Å²) in [5.41, 5.74) is 14.8. The Morgan fingerprint density at radius 2 is 1.24 bits per heavy atom. The van der Waals surface area contributed by atoms with Crippen molar-refractivity contribution in [3.05, 3.63) is 198 Å². The largest absolute Gasteiger partial charge is 0.491 e. The smallest absolute Gasteiger partial charge is 0.338 e. The molecule has 3 aliphatic carbocycles. The number of fused-ring (bicyclic) bond motifs is 6. The molecule has 5 aromatic rings. The van der Waals surface area contributed by atoms with Crippen LogP contribution in [0.4, 0.5) is 5.69 Å². The summed E-state index contributed by atoms with van der Waals surface area (Å²) in [6.07, 6.45) is 0. The highest BCUT2D eigenvalue weighted by atomic mass is 127. The van der Waals surface area contributed by atoms with Crippen LogP contribution < -0.4 is 31.4 Å². The van der Waals surface area contributed by atoms with E-state index in [0.717, 1.165) is 38.7 Å². The van der Waals surface area contributed by atoms with Crippen molar-refractivity contribution in [1.29, 1.82) is 5.41 Å². The minimum Gasteiger partial charge on any atom is -0.491 e. The fraction of sp³-hybridized carbons (Fsp3) is 0.107. The van der Waals surface area contributed by atoms with Crippen LogP contribution in [0.3, 0.4) is 0 Å². The standard InChI is InChI=1S/C21H16N2O3.C19H12INO3.C15H13NO4.CH4.ClH/c1-25-21(24)15-5-3-2-4-14(15)20-16-8-6-12(22)10-18(16)26-19-11-13(23)7-9-17(19)20;20-13-3-1-12(2-4-13)11-23-15-6-8-17-19(10-15)24-18-9-14(22)5-7-16(18)21-17;1-18-6-7-19-11-3-5-13-15(9-11)20-14-8-10(17)2-4-12(14)16-13;;/h2-11,22H,23H2,1H3;1-10H,11H2;2-5,8-9H,6-7H2,1H3;1H4;1H. The van der Waals surface area contributed by atoms with Crippen molar-refractivity contribution in [2.45, 2.75) is 14.0 Å². The van der Waals surface area contributed by atoms with Crippen molar-refractivity contribution in [2.75, 3.05) is 33.2 Å². The van der Waals surface area contributed by atoms with E-state index in [-0.39, 0.29) is 30.7 Å². The summed E-state index contributed by atoms with van der Waals surface area (Å²) in [4.78, 5) is 44.0. The first-order valence-electron chi connectivity index (χ1n) is 21.7. The van der Waals surface area contributed by atoms with Crippen LogP contribution in [0.2, 0.25) is 0 Å². The van der Waals surface area contributed by atoms with Crippen molar-refractivity contribution >= 4 is 79.8 Å². The molecule has 0 unspecified atom stereocenters. The molecule has 14 nitrogen and oxygen atoms in total. The van der Waals surface area contributed by atoms with Crippen LogP contribution in [-0.2, 0) is 16.1 Å². The zero-order chi connectivity index (χ0) is 48.7. The summed E-state index contributed by atoms with van der Waals surface area (Å²) < 4.78 is 39.9. The molecule has 364 valence electrons. The number of nitrogens with two attached hydrogens (primary N) is 1. The number of anilines is 1. The quantitative estimate of drug-likeness (QED) is 0.0455. The molecule has 0 aromatic heterocycles. The number of hydrogen-bond acceptors (Lipinski definition) is 14. The monoisotopic (exact) mass is 1100 g/mol. The Labute approximate surface area is 432 Å². The number of halogens is 2. The predicted molar refractivity (Wildman–Crippen MR) is 289 cm³/mol. The lowest BCUT2D eigenvalue weighted by Gasteiger charge is -2.17. The second-order valence-corrected chi connectivity index (χ2v) is 16.9. The van der Waals surface area contributed by atoms with Gasteiger partial charge in [0.15, 0.2) is 33.5 Å². The number of nitrogen functional groups attached to an aromatic ring is 1. The van der Waals surface area contributed by atoms with E-state index in [1.807, 2.05) is 72.8 Å².